The van der Waals surface area contributed by atoms with Crippen molar-refractivity contribution in [1.29, 1.82) is 0 Å². The van der Waals surface area contributed by atoms with Crippen LogP contribution in [0.1, 0.15) is 34.1 Å². The standard InChI is InChI=1S/C38H38O8.C33H30O6/c1-9-29(39-17-33-21-43-33)10-2-25(1)37(26-3-11-30(12-4-26)40-18-34-22-44-34)38(27-5-13-31(14-6-27)41-19-35-23-45-35)28-7-15-32(16-8-28)42-20-36-24-46-36;1-7-28(34-16-31-19-37-31)8-2-22(1)25-13-26(23-3-9-29(10-4-23)35-17-32-20-38-32)15-27(14-25)24-5-11-30(12-6-24)36-18-33-21-39-33/h1-16,33-38H,17-24H2;1-15,31-33H,16-21H2. The summed E-state index contributed by atoms with van der Waals surface area (Å²) in [6, 6.07) is 65.4. The highest BCUT2D eigenvalue weighted by Crippen LogP contribution is 2.45. The molecule has 7 aliphatic rings. The molecule has 7 aliphatic heterocycles. The maximum absolute atomic E-state index is 5.98. The van der Waals surface area contributed by atoms with E-state index in [2.05, 4.69) is 152 Å². The van der Waals surface area contributed by atoms with E-state index >= 15 is 0 Å². The Balaban J connectivity index is 0.000000153. The minimum Gasteiger partial charge on any atom is -0.491 e. The van der Waals surface area contributed by atoms with Gasteiger partial charge in [0.25, 0.3) is 0 Å². The molecule has 7 heterocycles. The molecule has 8 aromatic rings. The Hall–Kier alpha value is -7.92. The van der Waals surface area contributed by atoms with Crippen LogP contribution in [0.2, 0.25) is 0 Å². The molecule has 0 aliphatic carbocycles. The molecular weight excluding hydrogens is 1080 g/mol. The van der Waals surface area contributed by atoms with Crippen molar-refractivity contribution in [3.05, 3.63) is 210 Å². The summed E-state index contributed by atoms with van der Waals surface area (Å²) in [5.74, 6) is 5.87. The third-order valence-corrected chi connectivity index (χ3v) is 15.7. The van der Waals surface area contributed by atoms with Crippen molar-refractivity contribution in [2.24, 2.45) is 0 Å². The van der Waals surface area contributed by atoms with Crippen LogP contribution in [0.5, 0.6) is 40.2 Å². The summed E-state index contributed by atoms with van der Waals surface area (Å²) in [7, 11) is 0. The van der Waals surface area contributed by atoms with E-state index in [1.54, 1.807) is 0 Å². The fourth-order valence-electron chi connectivity index (χ4n) is 10.1. The molecule has 0 aromatic heterocycles. The molecule has 7 atom stereocenters. The van der Waals surface area contributed by atoms with E-state index in [0.29, 0.717) is 46.2 Å². The van der Waals surface area contributed by atoms with Crippen molar-refractivity contribution in [2.45, 2.75) is 54.6 Å². The molecule has 0 bridgehead atoms. The monoisotopic (exact) mass is 1140 g/mol. The lowest BCUT2D eigenvalue weighted by Gasteiger charge is -2.30. The zero-order valence-electron chi connectivity index (χ0n) is 47.2. The van der Waals surface area contributed by atoms with Crippen molar-refractivity contribution in [2.75, 3.05) is 92.5 Å². The second kappa shape index (κ2) is 25.7. The first-order chi connectivity index (χ1) is 42.0. The van der Waals surface area contributed by atoms with Crippen LogP contribution in [-0.2, 0) is 33.2 Å². The van der Waals surface area contributed by atoms with Crippen LogP contribution in [0.25, 0.3) is 33.4 Å². The second-order valence-corrected chi connectivity index (χ2v) is 22.5. The Morgan fingerprint density at radius 2 is 0.376 bits per heavy atom. The normalized spacial score (nSPS) is 22.3. The van der Waals surface area contributed by atoms with E-state index in [4.69, 9.17) is 66.3 Å². The van der Waals surface area contributed by atoms with Crippen LogP contribution in [0, 0.1) is 0 Å². The predicted molar refractivity (Wildman–Crippen MR) is 319 cm³/mol. The largest absolute Gasteiger partial charge is 0.491 e. The van der Waals surface area contributed by atoms with Gasteiger partial charge in [-0.1, -0.05) is 84.9 Å². The molecule has 8 aromatic carbocycles. The van der Waals surface area contributed by atoms with Crippen LogP contribution < -0.4 is 33.2 Å². The van der Waals surface area contributed by atoms with Gasteiger partial charge < -0.3 is 66.3 Å². The molecule has 15 rings (SSSR count). The number of benzene rings is 8. The zero-order chi connectivity index (χ0) is 56.7. The first-order valence-electron chi connectivity index (χ1n) is 29.6. The van der Waals surface area contributed by atoms with Crippen molar-refractivity contribution in [3.63, 3.8) is 0 Å². The number of rotatable bonds is 29. The Morgan fingerprint density at radius 3 is 0.529 bits per heavy atom. The lowest BCUT2D eigenvalue weighted by Crippen LogP contribution is -2.15. The quantitative estimate of drug-likeness (QED) is 0.0409. The van der Waals surface area contributed by atoms with Gasteiger partial charge in [0.1, 0.15) is 129 Å². The van der Waals surface area contributed by atoms with E-state index in [0.717, 1.165) is 120 Å². The summed E-state index contributed by atoms with van der Waals surface area (Å²) in [5.41, 5.74) is 11.5. The lowest BCUT2D eigenvalue weighted by atomic mass is 9.73. The van der Waals surface area contributed by atoms with Gasteiger partial charge in [-0.2, -0.15) is 0 Å². The van der Waals surface area contributed by atoms with Gasteiger partial charge in [-0.3, -0.25) is 0 Å². The molecule has 0 radical (unpaired) electrons. The Labute approximate surface area is 495 Å². The summed E-state index contributed by atoms with van der Waals surface area (Å²) in [6.45, 7) is 9.52. The average Bonchev–Trinajstić information content (AvgIpc) is 3.46. The van der Waals surface area contributed by atoms with Gasteiger partial charge in [0, 0.05) is 11.8 Å². The van der Waals surface area contributed by atoms with Crippen LogP contribution in [-0.4, -0.2) is 135 Å². The van der Waals surface area contributed by atoms with Crippen molar-refractivity contribution in [1.82, 2.24) is 0 Å². The average molecular weight is 1150 g/mol. The fraction of sp³-hybridized carbons (Fsp3) is 0.324. The highest BCUT2D eigenvalue weighted by molar-refractivity contribution is 5.81. The van der Waals surface area contributed by atoms with E-state index in [1.807, 2.05) is 36.4 Å². The number of hydrogen-bond acceptors (Lipinski definition) is 14. The molecule has 0 spiro atoms. The zero-order valence-corrected chi connectivity index (χ0v) is 47.2. The molecule has 7 saturated heterocycles. The van der Waals surface area contributed by atoms with Crippen LogP contribution in [0.3, 0.4) is 0 Å². The summed E-state index contributed by atoms with van der Waals surface area (Å²) >= 11 is 0. The summed E-state index contributed by atoms with van der Waals surface area (Å²) in [4.78, 5) is 0. The van der Waals surface area contributed by atoms with E-state index in [-0.39, 0.29) is 54.6 Å². The van der Waals surface area contributed by atoms with Gasteiger partial charge >= 0.3 is 0 Å². The molecule has 0 N–H and O–H groups in total. The second-order valence-electron chi connectivity index (χ2n) is 22.5. The Bertz CT molecular complexity index is 2990. The number of ether oxygens (including phenoxy) is 14. The first kappa shape index (κ1) is 55.0. The predicted octanol–water partition coefficient (Wildman–Crippen LogP) is 11.8. The van der Waals surface area contributed by atoms with Crippen molar-refractivity contribution >= 4 is 0 Å². The molecule has 85 heavy (non-hydrogen) atoms. The van der Waals surface area contributed by atoms with E-state index in [1.165, 1.54) is 22.3 Å². The van der Waals surface area contributed by atoms with Gasteiger partial charge in [0.05, 0.1) is 46.2 Å². The highest BCUT2D eigenvalue weighted by atomic mass is 16.6. The van der Waals surface area contributed by atoms with E-state index < -0.39 is 0 Å². The molecule has 14 nitrogen and oxygen atoms in total. The number of epoxide rings is 7. The van der Waals surface area contributed by atoms with Crippen LogP contribution >= 0.6 is 0 Å². The van der Waals surface area contributed by atoms with Crippen LogP contribution in [0.15, 0.2) is 188 Å². The Kier molecular flexibility index (Phi) is 16.6. The maximum atomic E-state index is 5.98. The minimum absolute atomic E-state index is 0.0140. The lowest BCUT2D eigenvalue weighted by molar-refractivity contribution is 0.263. The maximum Gasteiger partial charge on any atom is 0.119 e. The Morgan fingerprint density at radius 1 is 0.224 bits per heavy atom. The third-order valence-electron chi connectivity index (χ3n) is 15.7. The van der Waals surface area contributed by atoms with Crippen LogP contribution in [0.4, 0.5) is 0 Å². The smallest absolute Gasteiger partial charge is 0.119 e. The molecule has 0 amide bonds. The molecule has 0 saturated carbocycles. The van der Waals surface area contributed by atoms with Gasteiger partial charge in [0.15, 0.2) is 0 Å². The van der Waals surface area contributed by atoms with Gasteiger partial charge in [0.2, 0.25) is 0 Å². The summed E-state index contributed by atoms with van der Waals surface area (Å²) < 4.78 is 78.5. The molecule has 14 heteroatoms. The SMILES string of the molecule is c1cc(-c2cc(-c3ccc(OCC4CO4)cc3)cc(-c3ccc(OCC4CO4)cc3)c2)ccc1OCC1CO1.c1cc(C(c2ccc(OCC3CO3)cc2)C(c2ccc(OCC3CO3)cc2)c2ccc(OCC3CO3)cc2)ccc1OCC1CO1. The highest BCUT2D eigenvalue weighted by Gasteiger charge is 2.31. The summed E-state index contributed by atoms with van der Waals surface area (Å²) in [6.07, 6.45) is 1.53. The third kappa shape index (κ3) is 15.9. The van der Waals surface area contributed by atoms with Gasteiger partial charge in [-0.25, -0.2) is 0 Å². The molecule has 7 unspecified atom stereocenters. The first-order valence-corrected chi connectivity index (χ1v) is 29.6. The fourth-order valence-corrected chi connectivity index (χ4v) is 10.1. The summed E-state index contributed by atoms with van der Waals surface area (Å²) in [5, 5.41) is 0. The number of hydrogen-bond donors (Lipinski definition) is 0. The topological polar surface area (TPSA) is 152 Å². The molecular formula is C71H68O14. The van der Waals surface area contributed by atoms with Gasteiger partial charge in [-0.15, -0.1) is 0 Å². The van der Waals surface area contributed by atoms with Crippen molar-refractivity contribution in [3.8, 4) is 73.6 Å². The minimum atomic E-state index is -0.0140. The van der Waals surface area contributed by atoms with Crippen molar-refractivity contribution < 1.29 is 66.3 Å². The molecule has 7 fully saturated rings. The van der Waals surface area contributed by atoms with Gasteiger partial charge in [-0.05, 0) is 159 Å². The molecule has 436 valence electrons. The van der Waals surface area contributed by atoms with E-state index in [9.17, 15) is 0 Å².